The first-order valence-corrected chi connectivity index (χ1v) is 7.51. The molecule has 4 heteroatoms. The van der Waals surface area contributed by atoms with Gasteiger partial charge in [0.2, 0.25) is 5.89 Å². The first-order chi connectivity index (χ1) is 8.91. The van der Waals surface area contributed by atoms with Crippen molar-refractivity contribution in [3.05, 3.63) is 11.7 Å². The molecule has 0 radical (unpaired) electrons. The van der Waals surface area contributed by atoms with E-state index in [9.17, 15) is 0 Å². The predicted molar refractivity (Wildman–Crippen MR) is 75.7 cm³/mol. The zero-order valence-corrected chi connectivity index (χ0v) is 12.6. The summed E-state index contributed by atoms with van der Waals surface area (Å²) in [6, 6.07) is -0.118. The molecule has 0 aromatic carbocycles. The summed E-state index contributed by atoms with van der Waals surface area (Å²) in [4.78, 5) is 4.49. The molecule has 0 bridgehead atoms. The van der Waals surface area contributed by atoms with Gasteiger partial charge in [-0.15, -0.1) is 0 Å². The van der Waals surface area contributed by atoms with Gasteiger partial charge in [-0.25, -0.2) is 0 Å². The summed E-state index contributed by atoms with van der Waals surface area (Å²) in [5.74, 6) is 2.73. The van der Waals surface area contributed by atoms with Gasteiger partial charge in [0.1, 0.15) is 0 Å². The highest BCUT2D eigenvalue weighted by molar-refractivity contribution is 5.00. The summed E-state index contributed by atoms with van der Waals surface area (Å²) in [6.45, 7) is 9.04. The van der Waals surface area contributed by atoms with Crippen molar-refractivity contribution in [1.29, 1.82) is 0 Å². The van der Waals surface area contributed by atoms with Gasteiger partial charge in [-0.1, -0.05) is 32.9 Å². The fraction of sp³-hybridized carbons (Fsp3) is 0.867. The molecule has 0 saturated heterocycles. The molecule has 0 aliphatic heterocycles. The van der Waals surface area contributed by atoms with Crippen LogP contribution in [0.4, 0.5) is 0 Å². The molecular weight excluding hydrogens is 238 g/mol. The third kappa shape index (κ3) is 3.35. The van der Waals surface area contributed by atoms with Crippen LogP contribution >= 0.6 is 0 Å². The van der Waals surface area contributed by atoms with Crippen LogP contribution in [0.25, 0.3) is 0 Å². The molecule has 1 aromatic rings. The van der Waals surface area contributed by atoms with Crippen LogP contribution in [0.3, 0.4) is 0 Å². The van der Waals surface area contributed by atoms with E-state index in [1.54, 1.807) is 0 Å². The van der Waals surface area contributed by atoms with Gasteiger partial charge in [0.15, 0.2) is 5.82 Å². The second kappa shape index (κ2) is 5.61. The second-order valence-electron chi connectivity index (χ2n) is 6.92. The van der Waals surface area contributed by atoms with Gasteiger partial charge in [-0.05, 0) is 43.4 Å². The molecule has 1 fully saturated rings. The minimum absolute atomic E-state index is 0.118. The summed E-state index contributed by atoms with van der Waals surface area (Å²) in [5.41, 5.74) is 6.33. The number of nitrogens with two attached hydrogens (primary N) is 1. The number of aromatic nitrogens is 2. The molecule has 2 N–H and O–H groups in total. The highest BCUT2D eigenvalue weighted by Gasteiger charge is 2.32. The van der Waals surface area contributed by atoms with E-state index in [-0.39, 0.29) is 6.04 Å². The first-order valence-electron chi connectivity index (χ1n) is 7.51. The molecule has 1 aliphatic carbocycles. The molecule has 19 heavy (non-hydrogen) atoms. The Labute approximate surface area is 116 Å². The number of hydrogen-bond donors (Lipinski definition) is 1. The average molecular weight is 265 g/mol. The van der Waals surface area contributed by atoms with Crippen LogP contribution in [-0.2, 0) is 0 Å². The minimum atomic E-state index is -0.118. The molecule has 1 aliphatic rings. The Morgan fingerprint density at radius 3 is 2.42 bits per heavy atom. The lowest BCUT2D eigenvalue weighted by atomic mass is 9.70. The fourth-order valence-corrected chi connectivity index (χ4v) is 2.96. The van der Waals surface area contributed by atoms with Gasteiger partial charge in [0.25, 0.3) is 0 Å². The van der Waals surface area contributed by atoms with Crippen LogP contribution < -0.4 is 5.73 Å². The Balaban J connectivity index is 1.96. The Morgan fingerprint density at radius 2 is 1.89 bits per heavy atom. The summed E-state index contributed by atoms with van der Waals surface area (Å²) in [7, 11) is 0. The molecule has 1 aromatic heterocycles. The van der Waals surface area contributed by atoms with Crippen LogP contribution in [0, 0.1) is 11.3 Å². The minimum Gasteiger partial charge on any atom is -0.338 e. The van der Waals surface area contributed by atoms with Crippen LogP contribution in [0.2, 0.25) is 0 Å². The lowest BCUT2D eigenvalue weighted by Gasteiger charge is -2.36. The third-order valence-corrected chi connectivity index (χ3v) is 4.53. The SMILES string of the molecule is CCC(N)c1nc(C2CCC(C(C)(C)C)CC2)no1. The number of rotatable bonds is 3. The topological polar surface area (TPSA) is 64.9 Å². The van der Waals surface area contributed by atoms with Crippen molar-refractivity contribution in [2.24, 2.45) is 17.1 Å². The van der Waals surface area contributed by atoms with Crippen molar-refractivity contribution < 1.29 is 4.52 Å². The molecule has 0 spiro atoms. The van der Waals surface area contributed by atoms with E-state index < -0.39 is 0 Å². The normalized spacial score (nSPS) is 26.4. The van der Waals surface area contributed by atoms with Gasteiger partial charge in [-0.2, -0.15) is 4.98 Å². The maximum Gasteiger partial charge on any atom is 0.243 e. The van der Waals surface area contributed by atoms with Crippen molar-refractivity contribution in [3.63, 3.8) is 0 Å². The van der Waals surface area contributed by atoms with Crippen molar-refractivity contribution >= 4 is 0 Å². The monoisotopic (exact) mass is 265 g/mol. The Hall–Kier alpha value is -0.900. The maximum atomic E-state index is 5.92. The van der Waals surface area contributed by atoms with Gasteiger partial charge in [0.05, 0.1) is 6.04 Å². The van der Waals surface area contributed by atoms with Gasteiger partial charge in [-0.3, -0.25) is 0 Å². The van der Waals surface area contributed by atoms with E-state index in [0.29, 0.717) is 17.2 Å². The van der Waals surface area contributed by atoms with Crippen molar-refractivity contribution in [2.45, 2.75) is 71.8 Å². The number of nitrogens with zero attached hydrogens (tertiary/aromatic N) is 2. The summed E-state index contributed by atoms with van der Waals surface area (Å²) in [6.07, 6.45) is 5.69. The highest BCUT2D eigenvalue weighted by atomic mass is 16.5. The molecule has 2 rings (SSSR count). The average Bonchev–Trinajstić information content (AvgIpc) is 2.86. The standard InChI is InChI=1S/C15H27N3O/c1-5-12(16)14-17-13(18-19-14)10-6-8-11(9-7-10)15(2,3)4/h10-12H,5-9,16H2,1-4H3. The summed E-state index contributed by atoms with van der Waals surface area (Å²) >= 11 is 0. The van der Waals surface area contributed by atoms with Gasteiger partial charge < -0.3 is 10.3 Å². The summed E-state index contributed by atoms with van der Waals surface area (Å²) in [5, 5.41) is 4.13. The van der Waals surface area contributed by atoms with Crippen LogP contribution in [-0.4, -0.2) is 10.1 Å². The lowest BCUT2D eigenvalue weighted by Crippen LogP contribution is -2.25. The first kappa shape index (κ1) is 14.5. The molecule has 1 atom stereocenters. The lowest BCUT2D eigenvalue weighted by molar-refractivity contribution is 0.166. The maximum absolute atomic E-state index is 5.92. The van der Waals surface area contributed by atoms with E-state index in [1.165, 1.54) is 25.7 Å². The van der Waals surface area contributed by atoms with Crippen molar-refractivity contribution in [1.82, 2.24) is 10.1 Å². The molecule has 1 unspecified atom stereocenters. The molecule has 4 nitrogen and oxygen atoms in total. The second-order valence-corrected chi connectivity index (χ2v) is 6.92. The van der Waals surface area contributed by atoms with Gasteiger partial charge in [0, 0.05) is 5.92 Å². The molecular formula is C15H27N3O. The summed E-state index contributed by atoms with van der Waals surface area (Å²) < 4.78 is 5.28. The van der Waals surface area contributed by atoms with E-state index in [2.05, 4.69) is 30.9 Å². The Bertz CT molecular complexity index is 400. The van der Waals surface area contributed by atoms with Crippen molar-refractivity contribution in [3.8, 4) is 0 Å². The zero-order chi connectivity index (χ0) is 14.0. The predicted octanol–water partition coefficient (Wildman–Crippen LogP) is 3.80. The van der Waals surface area contributed by atoms with E-state index in [0.717, 1.165) is 18.2 Å². The van der Waals surface area contributed by atoms with Crippen molar-refractivity contribution in [2.75, 3.05) is 0 Å². The van der Waals surface area contributed by atoms with Crippen LogP contribution in [0.5, 0.6) is 0 Å². The van der Waals surface area contributed by atoms with Crippen LogP contribution in [0.1, 0.15) is 83.5 Å². The largest absolute Gasteiger partial charge is 0.338 e. The van der Waals surface area contributed by atoms with E-state index in [4.69, 9.17) is 10.3 Å². The van der Waals surface area contributed by atoms with E-state index >= 15 is 0 Å². The Morgan fingerprint density at radius 1 is 1.26 bits per heavy atom. The third-order valence-electron chi connectivity index (χ3n) is 4.53. The van der Waals surface area contributed by atoms with E-state index in [1.807, 2.05) is 6.92 Å². The smallest absolute Gasteiger partial charge is 0.243 e. The fourth-order valence-electron chi connectivity index (χ4n) is 2.96. The van der Waals surface area contributed by atoms with Gasteiger partial charge >= 0.3 is 0 Å². The Kier molecular flexibility index (Phi) is 4.29. The molecule has 108 valence electrons. The highest BCUT2D eigenvalue weighted by Crippen LogP contribution is 2.42. The number of hydrogen-bond acceptors (Lipinski definition) is 4. The zero-order valence-electron chi connectivity index (χ0n) is 12.6. The van der Waals surface area contributed by atoms with Crippen LogP contribution in [0.15, 0.2) is 4.52 Å². The molecule has 1 heterocycles. The molecule has 0 amide bonds. The molecule has 1 saturated carbocycles. The quantitative estimate of drug-likeness (QED) is 0.902.